The third-order valence-corrected chi connectivity index (χ3v) is 5.30. The minimum absolute atomic E-state index is 0.124. The van der Waals surface area contributed by atoms with Crippen molar-refractivity contribution in [3.8, 4) is 5.69 Å². The van der Waals surface area contributed by atoms with Crippen molar-refractivity contribution in [2.24, 2.45) is 5.73 Å². The van der Waals surface area contributed by atoms with Crippen molar-refractivity contribution in [2.45, 2.75) is 38.2 Å². The van der Waals surface area contributed by atoms with Gasteiger partial charge in [-0.2, -0.15) is 13.2 Å². The van der Waals surface area contributed by atoms with E-state index in [2.05, 4.69) is 25.7 Å². The molecule has 0 saturated heterocycles. The minimum Gasteiger partial charge on any atom is -0.382 e. The van der Waals surface area contributed by atoms with Gasteiger partial charge in [-0.1, -0.05) is 11.6 Å². The molecule has 0 aliphatic heterocycles. The highest BCUT2D eigenvalue weighted by Crippen LogP contribution is 2.22. The molecule has 1 atom stereocenters. The molecule has 3 rings (SSSR count). The Kier molecular flexibility index (Phi) is 8.91. The number of halogens is 4. The second kappa shape index (κ2) is 11.8. The number of nitrogens with two attached hydrogens (primary N) is 1. The molecule has 0 saturated carbocycles. The fourth-order valence-electron chi connectivity index (χ4n) is 3.09. The van der Waals surface area contributed by atoms with E-state index in [0.717, 1.165) is 0 Å². The summed E-state index contributed by atoms with van der Waals surface area (Å²) in [4.78, 5) is 21.7. The summed E-state index contributed by atoms with van der Waals surface area (Å²) in [6.45, 7) is 2.66. The average Bonchev–Trinajstić information content (AvgIpc) is 3.32. The van der Waals surface area contributed by atoms with E-state index in [9.17, 15) is 23.1 Å². The molecular formula is C23H27ClF3N9O2. The van der Waals surface area contributed by atoms with Gasteiger partial charge in [0.05, 0.1) is 13.1 Å². The Morgan fingerprint density at radius 2 is 1.92 bits per heavy atom. The number of aliphatic hydroxyl groups excluding tert-OH is 1. The third kappa shape index (κ3) is 7.87. The summed E-state index contributed by atoms with van der Waals surface area (Å²) in [5, 5.41) is 28.0. The van der Waals surface area contributed by atoms with Crippen LogP contribution in [0.3, 0.4) is 0 Å². The molecule has 3 aromatic rings. The number of nitrogens with one attached hydrogen (secondary N) is 3. The number of anilines is 1. The van der Waals surface area contributed by atoms with Crippen LogP contribution in [-0.2, 0) is 6.54 Å². The lowest BCUT2D eigenvalue weighted by molar-refractivity contribution is -0.204. The number of hydrogen-bond donors (Lipinski definition) is 5. The Hall–Kier alpha value is -3.75. The molecule has 0 aliphatic carbocycles. The van der Waals surface area contributed by atoms with Crippen molar-refractivity contribution in [3.05, 3.63) is 65.3 Å². The van der Waals surface area contributed by atoms with Crippen molar-refractivity contribution < 1.29 is 23.1 Å². The van der Waals surface area contributed by atoms with Crippen LogP contribution in [0.1, 0.15) is 25.2 Å². The number of carbonyl (C=O) groups excluding carboxylic acids is 1. The molecule has 38 heavy (non-hydrogen) atoms. The highest BCUT2D eigenvalue weighted by Gasteiger charge is 2.41. The van der Waals surface area contributed by atoms with Crippen molar-refractivity contribution in [1.82, 2.24) is 30.0 Å². The minimum atomic E-state index is -4.99. The van der Waals surface area contributed by atoms with E-state index in [4.69, 9.17) is 22.7 Å². The van der Waals surface area contributed by atoms with E-state index in [1.807, 2.05) is 13.8 Å². The van der Waals surface area contributed by atoms with Crippen LogP contribution in [0.5, 0.6) is 0 Å². The predicted octanol–water partition coefficient (Wildman–Crippen LogP) is 2.93. The summed E-state index contributed by atoms with van der Waals surface area (Å²) >= 11 is 5.83. The number of urea groups is 1. The number of aromatic nitrogens is 4. The van der Waals surface area contributed by atoms with E-state index in [0.29, 0.717) is 28.0 Å². The first-order chi connectivity index (χ1) is 17.7. The van der Waals surface area contributed by atoms with Crippen molar-refractivity contribution >= 4 is 29.3 Å². The average molecular weight is 554 g/mol. The van der Waals surface area contributed by atoms with Gasteiger partial charge in [0.2, 0.25) is 0 Å². The summed E-state index contributed by atoms with van der Waals surface area (Å²) in [5.74, 6) is 0.0757. The number of carbonyl (C=O) groups is 1. The zero-order valence-corrected chi connectivity index (χ0v) is 21.3. The van der Waals surface area contributed by atoms with Gasteiger partial charge in [-0.15, -0.1) is 5.10 Å². The Labute approximate surface area is 221 Å². The number of amidine groups is 1. The topological polar surface area (TPSA) is 158 Å². The lowest BCUT2D eigenvalue weighted by Crippen LogP contribution is -2.50. The number of pyridine rings is 1. The second-order valence-electron chi connectivity index (χ2n) is 9.00. The van der Waals surface area contributed by atoms with Gasteiger partial charge in [-0.25, -0.2) is 19.4 Å². The first kappa shape index (κ1) is 28.8. The number of amides is 2. The Bertz CT molecular complexity index is 1260. The molecule has 1 aromatic carbocycles. The van der Waals surface area contributed by atoms with Crippen molar-refractivity contribution in [1.29, 1.82) is 5.41 Å². The van der Waals surface area contributed by atoms with Crippen molar-refractivity contribution in [2.75, 3.05) is 18.4 Å². The quantitative estimate of drug-likeness (QED) is 0.201. The van der Waals surface area contributed by atoms with Gasteiger partial charge in [-0.05, 0) is 50.2 Å². The molecule has 15 heteroatoms. The molecule has 0 fully saturated rings. The monoisotopic (exact) mass is 553 g/mol. The van der Waals surface area contributed by atoms with Gasteiger partial charge < -0.3 is 21.5 Å². The molecular weight excluding hydrogens is 527 g/mol. The van der Waals surface area contributed by atoms with Crippen LogP contribution < -0.4 is 16.4 Å². The molecule has 0 spiro atoms. The van der Waals surface area contributed by atoms with Gasteiger partial charge >= 0.3 is 12.2 Å². The number of alkyl halides is 3. The zero-order valence-electron chi connectivity index (χ0n) is 20.5. The van der Waals surface area contributed by atoms with Gasteiger partial charge in [0.15, 0.2) is 17.7 Å². The highest BCUT2D eigenvalue weighted by molar-refractivity contribution is 6.30. The zero-order chi connectivity index (χ0) is 28.1. The van der Waals surface area contributed by atoms with E-state index in [1.54, 1.807) is 18.3 Å². The summed E-state index contributed by atoms with van der Waals surface area (Å²) in [6, 6.07) is 7.98. The van der Waals surface area contributed by atoms with Crippen molar-refractivity contribution in [3.63, 3.8) is 0 Å². The molecule has 2 amide bonds. The van der Waals surface area contributed by atoms with Gasteiger partial charge in [0.25, 0.3) is 0 Å². The fourth-order valence-corrected chi connectivity index (χ4v) is 3.22. The SMILES string of the molecule is CC(C)(N)CNc1ncccc1-n1cnc(CNC(=O)N(C[C@H](O)C(F)(F)F)C(=N)c2ccc(Cl)cc2)n1. The molecule has 204 valence electrons. The molecule has 2 heterocycles. The number of benzene rings is 1. The molecule has 6 N–H and O–H groups in total. The second-order valence-corrected chi connectivity index (χ2v) is 9.44. The third-order valence-electron chi connectivity index (χ3n) is 5.05. The maximum absolute atomic E-state index is 13.0. The maximum Gasteiger partial charge on any atom is 0.416 e. The van der Waals surface area contributed by atoms with Crippen LogP contribution in [0.2, 0.25) is 5.02 Å². The van der Waals surface area contributed by atoms with Crippen LogP contribution >= 0.6 is 11.6 Å². The number of nitrogens with zero attached hydrogens (tertiary/aromatic N) is 5. The first-order valence-electron chi connectivity index (χ1n) is 11.3. The molecule has 2 aromatic heterocycles. The molecule has 0 unspecified atom stereocenters. The maximum atomic E-state index is 13.0. The standard InChI is InChI=1S/C23H27ClF3N9O2/c1-22(2,29)12-32-20-16(4-3-9-30-20)36-13-33-18(34-36)10-31-21(38)35(11-17(37)23(25,26)27)19(28)14-5-7-15(24)8-6-14/h3-9,13,17,28,37H,10-12,29H2,1-2H3,(H,30,32)(H,31,38)/t17-/m0/s1. The summed E-state index contributed by atoms with van der Waals surface area (Å²) in [5.41, 5.74) is 6.20. The Balaban J connectivity index is 1.74. The smallest absolute Gasteiger partial charge is 0.382 e. The largest absolute Gasteiger partial charge is 0.416 e. The summed E-state index contributed by atoms with van der Waals surface area (Å²) < 4.78 is 40.5. The van der Waals surface area contributed by atoms with E-state index in [1.165, 1.54) is 35.3 Å². The number of hydrogen-bond acceptors (Lipinski definition) is 8. The van der Waals surface area contributed by atoms with E-state index < -0.39 is 36.2 Å². The number of aliphatic hydroxyl groups is 1. The lowest BCUT2D eigenvalue weighted by atomic mass is 10.1. The number of rotatable bonds is 9. The highest BCUT2D eigenvalue weighted by atomic mass is 35.5. The van der Waals surface area contributed by atoms with Crippen LogP contribution in [0.15, 0.2) is 48.9 Å². The normalized spacial score (nSPS) is 12.6. The predicted molar refractivity (Wildman–Crippen MR) is 135 cm³/mol. The molecule has 0 aliphatic rings. The fraction of sp³-hybridized carbons (Fsp3) is 0.348. The molecule has 0 bridgehead atoms. The van der Waals surface area contributed by atoms with Crippen LogP contribution in [0.4, 0.5) is 23.8 Å². The first-order valence-corrected chi connectivity index (χ1v) is 11.7. The summed E-state index contributed by atoms with van der Waals surface area (Å²) in [7, 11) is 0. The Morgan fingerprint density at radius 1 is 1.24 bits per heavy atom. The molecule has 0 radical (unpaired) electrons. The van der Waals surface area contributed by atoms with Crippen LogP contribution in [0, 0.1) is 5.41 Å². The lowest BCUT2D eigenvalue weighted by Gasteiger charge is -2.26. The van der Waals surface area contributed by atoms with Gasteiger partial charge in [0.1, 0.15) is 17.9 Å². The van der Waals surface area contributed by atoms with E-state index >= 15 is 0 Å². The van der Waals surface area contributed by atoms with Gasteiger partial charge in [0, 0.05) is 28.9 Å². The summed E-state index contributed by atoms with van der Waals surface area (Å²) in [6.07, 6.45) is -4.88. The van der Waals surface area contributed by atoms with E-state index in [-0.39, 0.29) is 17.9 Å². The van der Waals surface area contributed by atoms with Crippen LogP contribution in [-0.4, -0.2) is 72.5 Å². The van der Waals surface area contributed by atoms with Crippen LogP contribution in [0.25, 0.3) is 5.69 Å². The molecule has 11 nitrogen and oxygen atoms in total. The Morgan fingerprint density at radius 3 is 2.55 bits per heavy atom. The van der Waals surface area contributed by atoms with Gasteiger partial charge in [-0.3, -0.25) is 10.3 Å².